The van der Waals surface area contributed by atoms with Crippen LogP contribution in [0.2, 0.25) is 0 Å². The second kappa shape index (κ2) is 3.22. The highest BCUT2D eigenvalue weighted by Crippen LogP contribution is 2.55. The van der Waals surface area contributed by atoms with Crippen molar-refractivity contribution < 1.29 is 4.74 Å². The van der Waals surface area contributed by atoms with Crippen molar-refractivity contribution in [3.63, 3.8) is 0 Å². The minimum atomic E-state index is -0.128. The maximum Gasteiger partial charge on any atom is 0.131 e. The molecule has 2 aliphatic heterocycles. The number of rotatable bonds is 0. The number of fused-ring (bicyclic) bond motifs is 1. The lowest BCUT2D eigenvalue weighted by molar-refractivity contribution is 0.393. The van der Waals surface area contributed by atoms with Crippen molar-refractivity contribution in [1.82, 2.24) is 0 Å². The first-order valence-corrected chi connectivity index (χ1v) is 6.21. The predicted molar refractivity (Wildman–Crippen MR) is 71.9 cm³/mol. The molecule has 2 heteroatoms. The lowest BCUT2D eigenvalue weighted by Crippen LogP contribution is -2.32. The van der Waals surface area contributed by atoms with E-state index < -0.39 is 0 Å². The number of hydrogen-bond acceptors (Lipinski definition) is 2. The van der Waals surface area contributed by atoms with E-state index >= 15 is 0 Å². The van der Waals surface area contributed by atoms with Crippen LogP contribution in [-0.2, 0) is 5.41 Å². The van der Waals surface area contributed by atoms with E-state index in [2.05, 4.69) is 42.3 Å². The SMILES string of the molecule is Cc1cccc2c1C13CC=NC=C1C=CC=C3O2. The van der Waals surface area contributed by atoms with E-state index in [0.29, 0.717) is 0 Å². The van der Waals surface area contributed by atoms with Gasteiger partial charge in [-0.2, -0.15) is 0 Å². The molecule has 0 radical (unpaired) electrons. The Morgan fingerprint density at radius 2 is 2.28 bits per heavy atom. The first-order valence-electron chi connectivity index (χ1n) is 6.21. The second-order valence-corrected chi connectivity index (χ2v) is 4.97. The van der Waals surface area contributed by atoms with Crippen molar-refractivity contribution in [2.24, 2.45) is 4.99 Å². The molecule has 3 aliphatic rings. The number of ether oxygens (including phenoxy) is 1. The zero-order valence-electron chi connectivity index (χ0n) is 10.2. The molecule has 0 aromatic heterocycles. The van der Waals surface area contributed by atoms with Crippen LogP contribution in [-0.4, -0.2) is 6.21 Å². The van der Waals surface area contributed by atoms with Crippen LogP contribution in [0, 0.1) is 6.92 Å². The van der Waals surface area contributed by atoms with Crippen LogP contribution in [0.4, 0.5) is 0 Å². The summed E-state index contributed by atoms with van der Waals surface area (Å²) in [4.78, 5) is 4.30. The fourth-order valence-corrected chi connectivity index (χ4v) is 3.24. The van der Waals surface area contributed by atoms with Crippen molar-refractivity contribution in [3.8, 4) is 5.75 Å². The van der Waals surface area contributed by atoms with Gasteiger partial charge in [0.1, 0.15) is 11.5 Å². The number of allylic oxidation sites excluding steroid dienone is 4. The second-order valence-electron chi connectivity index (χ2n) is 4.97. The van der Waals surface area contributed by atoms with Gasteiger partial charge in [-0.15, -0.1) is 0 Å². The number of aryl methyl sites for hydroxylation is 1. The Hall–Kier alpha value is -2.09. The molecule has 2 nitrogen and oxygen atoms in total. The number of hydrogen-bond donors (Lipinski definition) is 0. The number of aliphatic imine (C=N–C) groups is 1. The fraction of sp³-hybridized carbons (Fsp3) is 0.188. The van der Waals surface area contributed by atoms with Crippen LogP contribution >= 0.6 is 0 Å². The molecule has 0 saturated carbocycles. The molecule has 88 valence electrons. The Morgan fingerprint density at radius 3 is 3.22 bits per heavy atom. The average Bonchev–Trinajstić information content (AvgIpc) is 2.72. The van der Waals surface area contributed by atoms with Crippen LogP contribution in [0.1, 0.15) is 17.5 Å². The highest BCUT2D eigenvalue weighted by atomic mass is 16.5. The van der Waals surface area contributed by atoms with Gasteiger partial charge in [0.2, 0.25) is 0 Å². The molecule has 0 saturated heterocycles. The summed E-state index contributed by atoms with van der Waals surface area (Å²) in [6, 6.07) is 6.26. The van der Waals surface area contributed by atoms with Gasteiger partial charge in [-0.1, -0.05) is 24.3 Å². The zero-order valence-corrected chi connectivity index (χ0v) is 10.2. The van der Waals surface area contributed by atoms with E-state index in [1.807, 2.05) is 18.5 Å². The van der Waals surface area contributed by atoms with Crippen molar-refractivity contribution in [3.05, 3.63) is 65.1 Å². The van der Waals surface area contributed by atoms with Crippen molar-refractivity contribution in [2.75, 3.05) is 0 Å². The molecule has 0 N–H and O–H groups in total. The lowest BCUT2D eigenvalue weighted by Gasteiger charge is -2.33. The minimum Gasteiger partial charge on any atom is -0.460 e. The molecule has 2 heterocycles. The van der Waals surface area contributed by atoms with Gasteiger partial charge in [0.05, 0.1) is 5.41 Å². The minimum absolute atomic E-state index is 0.128. The maximum absolute atomic E-state index is 6.06. The molecule has 1 aromatic carbocycles. The van der Waals surface area contributed by atoms with Crippen LogP contribution in [0.5, 0.6) is 5.75 Å². The maximum atomic E-state index is 6.06. The summed E-state index contributed by atoms with van der Waals surface area (Å²) >= 11 is 0. The topological polar surface area (TPSA) is 21.6 Å². The highest BCUT2D eigenvalue weighted by Gasteiger charge is 2.49. The summed E-state index contributed by atoms with van der Waals surface area (Å²) < 4.78 is 6.06. The van der Waals surface area contributed by atoms with E-state index in [1.165, 1.54) is 16.7 Å². The van der Waals surface area contributed by atoms with Crippen molar-refractivity contribution in [1.29, 1.82) is 0 Å². The summed E-state index contributed by atoms with van der Waals surface area (Å²) in [7, 11) is 0. The van der Waals surface area contributed by atoms with Gasteiger partial charge in [0.25, 0.3) is 0 Å². The molecule has 4 rings (SSSR count). The summed E-state index contributed by atoms with van der Waals surface area (Å²) in [5.41, 5.74) is 3.69. The summed E-state index contributed by atoms with van der Waals surface area (Å²) in [6.07, 6.45) is 11.1. The Balaban J connectivity index is 2.07. The van der Waals surface area contributed by atoms with Gasteiger partial charge < -0.3 is 4.74 Å². The van der Waals surface area contributed by atoms with Gasteiger partial charge in [-0.05, 0) is 30.2 Å². The Bertz CT molecular complexity index is 664. The molecule has 1 unspecified atom stereocenters. The first-order chi connectivity index (χ1) is 8.82. The van der Waals surface area contributed by atoms with Crippen LogP contribution < -0.4 is 4.74 Å². The molecule has 1 aromatic rings. The van der Waals surface area contributed by atoms with Gasteiger partial charge in [0, 0.05) is 24.4 Å². The summed E-state index contributed by atoms with van der Waals surface area (Å²) in [5.74, 6) is 2.03. The van der Waals surface area contributed by atoms with Crippen molar-refractivity contribution in [2.45, 2.75) is 18.8 Å². The van der Waals surface area contributed by atoms with Crippen LogP contribution in [0.3, 0.4) is 0 Å². The zero-order chi connectivity index (χ0) is 12.2. The molecular formula is C16H13NO. The van der Waals surface area contributed by atoms with Crippen molar-refractivity contribution >= 4 is 6.21 Å². The van der Waals surface area contributed by atoms with E-state index in [0.717, 1.165) is 17.9 Å². The molecule has 0 amide bonds. The van der Waals surface area contributed by atoms with E-state index in [9.17, 15) is 0 Å². The third-order valence-electron chi connectivity index (χ3n) is 4.03. The number of benzene rings is 1. The molecular weight excluding hydrogens is 222 g/mol. The standard InChI is InChI=1S/C16H13NO/c1-11-4-2-6-13-15(11)16-8-9-17-10-12(16)5-3-7-14(16)18-13/h2-7,9-10H,8H2,1H3. The Labute approximate surface area is 106 Å². The molecule has 0 fully saturated rings. The predicted octanol–water partition coefficient (Wildman–Crippen LogP) is 3.44. The van der Waals surface area contributed by atoms with E-state index in [-0.39, 0.29) is 5.41 Å². The first kappa shape index (κ1) is 9.89. The molecule has 1 atom stereocenters. The third-order valence-corrected chi connectivity index (χ3v) is 4.03. The normalized spacial score (nSPS) is 26.7. The number of nitrogens with zero attached hydrogens (tertiary/aromatic N) is 1. The third kappa shape index (κ3) is 1.01. The largest absolute Gasteiger partial charge is 0.460 e. The Morgan fingerprint density at radius 1 is 1.33 bits per heavy atom. The van der Waals surface area contributed by atoms with E-state index in [4.69, 9.17) is 4.74 Å². The summed E-state index contributed by atoms with van der Waals surface area (Å²) in [6.45, 7) is 2.15. The van der Waals surface area contributed by atoms with Gasteiger partial charge >= 0.3 is 0 Å². The van der Waals surface area contributed by atoms with Gasteiger partial charge in [0.15, 0.2) is 0 Å². The monoisotopic (exact) mass is 235 g/mol. The Kier molecular flexibility index (Phi) is 1.77. The molecule has 0 bridgehead atoms. The van der Waals surface area contributed by atoms with Crippen LogP contribution in [0.15, 0.2) is 59.0 Å². The summed E-state index contributed by atoms with van der Waals surface area (Å²) in [5, 5.41) is 0. The molecule has 1 aliphatic carbocycles. The molecule has 1 spiro atoms. The molecule has 18 heavy (non-hydrogen) atoms. The average molecular weight is 235 g/mol. The van der Waals surface area contributed by atoms with Gasteiger partial charge in [-0.25, -0.2) is 0 Å². The van der Waals surface area contributed by atoms with E-state index in [1.54, 1.807) is 0 Å². The fourth-order valence-electron chi connectivity index (χ4n) is 3.24. The lowest BCUT2D eigenvalue weighted by atomic mass is 9.68. The van der Waals surface area contributed by atoms with Crippen LogP contribution in [0.25, 0.3) is 0 Å². The highest BCUT2D eigenvalue weighted by molar-refractivity contribution is 5.74. The quantitative estimate of drug-likeness (QED) is 0.675. The van der Waals surface area contributed by atoms with Gasteiger partial charge in [-0.3, -0.25) is 4.99 Å². The smallest absolute Gasteiger partial charge is 0.131 e.